The fourth-order valence-electron chi connectivity index (χ4n) is 7.87. The molecule has 0 amide bonds. The Hall–Kier alpha value is -7.37. The van der Waals surface area contributed by atoms with Gasteiger partial charge in [-0.3, -0.25) is 0 Å². The van der Waals surface area contributed by atoms with Crippen LogP contribution in [-0.2, 0) is 0 Å². The number of nitrogens with zero attached hydrogens (tertiary/aromatic N) is 4. The number of benzene rings is 8. The van der Waals surface area contributed by atoms with E-state index in [1.54, 1.807) is 0 Å². The molecule has 0 spiro atoms. The van der Waals surface area contributed by atoms with Crippen LogP contribution in [0.2, 0.25) is 0 Å². The van der Waals surface area contributed by atoms with Crippen LogP contribution < -0.4 is 0 Å². The van der Waals surface area contributed by atoms with Crippen LogP contribution in [0.3, 0.4) is 0 Å². The largest absolute Gasteiger partial charge is 0.456 e. The number of hydrogen-bond acceptors (Lipinski definition) is 4. The van der Waals surface area contributed by atoms with Crippen molar-refractivity contribution in [2.24, 2.45) is 0 Å². The van der Waals surface area contributed by atoms with Gasteiger partial charge < -0.3 is 8.98 Å². The maximum Gasteiger partial charge on any atom is 0.164 e. The van der Waals surface area contributed by atoms with Crippen LogP contribution in [0.4, 0.5) is 0 Å². The quantitative estimate of drug-likeness (QED) is 0.180. The van der Waals surface area contributed by atoms with E-state index in [-0.39, 0.29) is 0 Å². The molecule has 0 aliphatic heterocycles. The highest BCUT2D eigenvalue weighted by atomic mass is 16.3. The fourth-order valence-corrected chi connectivity index (χ4v) is 7.87. The third-order valence-corrected chi connectivity index (χ3v) is 10.5. The van der Waals surface area contributed by atoms with Crippen LogP contribution in [0.25, 0.3) is 105 Å². The molecule has 3 aromatic heterocycles. The topological polar surface area (TPSA) is 56.7 Å². The molecular weight excluding hydrogens is 661 g/mol. The zero-order valence-electron chi connectivity index (χ0n) is 29.0. The normalized spacial score (nSPS) is 11.7. The summed E-state index contributed by atoms with van der Waals surface area (Å²) in [6.45, 7) is 0. The summed E-state index contributed by atoms with van der Waals surface area (Å²) in [6, 6.07) is 63.3. The van der Waals surface area contributed by atoms with Gasteiger partial charge in [-0.25, -0.2) is 15.0 Å². The number of para-hydroxylation sites is 2. The minimum atomic E-state index is 0.602. The Morgan fingerprint density at radius 3 is 1.78 bits per heavy atom. The van der Waals surface area contributed by atoms with Crippen molar-refractivity contribution in [3.8, 4) is 51.0 Å². The molecule has 0 bridgehead atoms. The SMILES string of the molecule is c1ccc(-c2nc(-c3ccc4ccccc4c3)nc(-c3cccc4oc5cc(-c6ccc(-n7c8ccccc8c8ccccc87)cc6)ccc5c34)n2)cc1. The lowest BCUT2D eigenvalue weighted by molar-refractivity contribution is 0.669. The average molecular weight is 691 g/mol. The minimum Gasteiger partial charge on any atom is -0.456 e. The van der Waals surface area contributed by atoms with E-state index >= 15 is 0 Å². The Labute approximate surface area is 310 Å². The van der Waals surface area contributed by atoms with Gasteiger partial charge in [0.15, 0.2) is 17.5 Å². The van der Waals surface area contributed by atoms with Crippen molar-refractivity contribution in [2.75, 3.05) is 0 Å². The summed E-state index contributed by atoms with van der Waals surface area (Å²) in [5.41, 5.74) is 10.1. The van der Waals surface area contributed by atoms with Gasteiger partial charge in [0.2, 0.25) is 0 Å². The number of rotatable bonds is 5. The van der Waals surface area contributed by atoms with Crippen LogP contribution in [0.5, 0.6) is 0 Å². The number of aromatic nitrogens is 4. The van der Waals surface area contributed by atoms with Gasteiger partial charge in [0.1, 0.15) is 11.2 Å². The summed E-state index contributed by atoms with van der Waals surface area (Å²) in [4.78, 5) is 15.2. The molecule has 0 radical (unpaired) electrons. The van der Waals surface area contributed by atoms with Crippen LogP contribution in [-0.4, -0.2) is 19.5 Å². The Morgan fingerprint density at radius 2 is 1.00 bits per heavy atom. The molecule has 0 aliphatic rings. The minimum absolute atomic E-state index is 0.602. The molecule has 0 saturated heterocycles. The van der Waals surface area contributed by atoms with Crippen molar-refractivity contribution in [1.82, 2.24) is 19.5 Å². The summed E-state index contributed by atoms with van der Waals surface area (Å²) in [5, 5.41) is 6.82. The highest BCUT2D eigenvalue weighted by molar-refractivity contribution is 6.13. The van der Waals surface area contributed by atoms with Crippen LogP contribution in [0, 0.1) is 0 Å². The molecule has 0 aliphatic carbocycles. The van der Waals surface area contributed by atoms with E-state index in [0.717, 1.165) is 60.8 Å². The second-order valence-corrected chi connectivity index (χ2v) is 13.6. The third-order valence-electron chi connectivity index (χ3n) is 10.5. The summed E-state index contributed by atoms with van der Waals surface area (Å²) in [6.07, 6.45) is 0. The van der Waals surface area contributed by atoms with Gasteiger partial charge in [-0.1, -0.05) is 133 Å². The summed E-state index contributed by atoms with van der Waals surface area (Å²) in [5.74, 6) is 1.85. The molecule has 5 nitrogen and oxygen atoms in total. The lowest BCUT2D eigenvalue weighted by Crippen LogP contribution is -2.00. The monoisotopic (exact) mass is 690 g/mol. The fraction of sp³-hybridized carbons (Fsp3) is 0. The molecule has 0 atom stereocenters. The Bertz CT molecular complexity index is 3160. The lowest BCUT2D eigenvalue weighted by atomic mass is 10.0. The maximum absolute atomic E-state index is 6.56. The number of fused-ring (bicyclic) bond motifs is 7. The standard InChI is InChI=1S/C49H30N4O/c1-2-12-33(13-3-1)47-50-48(36-22-21-31-11-4-5-14-34(31)29-36)52-49(51-47)41-17-10-20-44-46(41)40-28-25-35(30-45(40)54-44)32-23-26-37(27-24-32)53-42-18-8-6-15-38(42)39-16-7-9-19-43(39)53/h1-30H. The molecule has 0 unspecified atom stereocenters. The summed E-state index contributed by atoms with van der Waals surface area (Å²) in [7, 11) is 0. The van der Waals surface area contributed by atoms with Gasteiger partial charge in [-0.2, -0.15) is 0 Å². The van der Waals surface area contributed by atoms with Gasteiger partial charge >= 0.3 is 0 Å². The van der Waals surface area contributed by atoms with Gasteiger partial charge in [0, 0.05) is 43.9 Å². The maximum atomic E-state index is 6.56. The molecule has 8 aromatic carbocycles. The molecule has 0 N–H and O–H groups in total. The van der Waals surface area contributed by atoms with E-state index in [2.05, 4.69) is 144 Å². The van der Waals surface area contributed by atoms with E-state index < -0.39 is 0 Å². The van der Waals surface area contributed by atoms with Crippen molar-refractivity contribution >= 4 is 54.5 Å². The van der Waals surface area contributed by atoms with Crippen LogP contribution in [0.1, 0.15) is 0 Å². The summed E-state index contributed by atoms with van der Waals surface area (Å²) >= 11 is 0. The second-order valence-electron chi connectivity index (χ2n) is 13.6. The molecule has 11 rings (SSSR count). The highest BCUT2D eigenvalue weighted by Crippen LogP contribution is 2.39. The van der Waals surface area contributed by atoms with Gasteiger partial charge in [0.05, 0.1) is 11.0 Å². The number of furan rings is 1. The van der Waals surface area contributed by atoms with Crippen molar-refractivity contribution in [1.29, 1.82) is 0 Å². The Morgan fingerprint density at radius 1 is 0.370 bits per heavy atom. The smallest absolute Gasteiger partial charge is 0.164 e. The molecule has 3 heterocycles. The lowest BCUT2D eigenvalue weighted by Gasteiger charge is -2.10. The van der Waals surface area contributed by atoms with E-state index in [1.165, 1.54) is 27.2 Å². The van der Waals surface area contributed by atoms with Crippen molar-refractivity contribution in [3.63, 3.8) is 0 Å². The van der Waals surface area contributed by atoms with Crippen molar-refractivity contribution in [3.05, 3.63) is 182 Å². The van der Waals surface area contributed by atoms with Gasteiger partial charge in [-0.15, -0.1) is 0 Å². The molecule has 54 heavy (non-hydrogen) atoms. The molecule has 11 aromatic rings. The summed E-state index contributed by atoms with van der Waals surface area (Å²) < 4.78 is 8.90. The highest BCUT2D eigenvalue weighted by Gasteiger charge is 2.19. The van der Waals surface area contributed by atoms with E-state index in [0.29, 0.717) is 17.5 Å². The molecule has 5 heteroatoms. The molecule has 0 fully saturated rings. The average Bonchev–Trinajstić information content (AvgIpc) is 3.79. The van der Waals surface area contributed by atoms with Crippen LogP contribution >= 0.6 is 0 Å². The first-order valence-corrected chi connectivity index (χ1v) is 18.1. The first kappa shape index (κ1) is 30.3. The van der Waals surface area contributed by atoms with Crippen molar-refractivity contribution in [2.45, 2.75) is 0 Å². The predicted octanol–water partition coefficient (Wildman–Crippen LogP) is 12.7. The van der Waals surface area contributed by atoms with E-state index in [9.17, 15) is 0 Å². The zero-order chi connectivity index (χ0) is 35.6. The zero-order valence-corrected chi connectivity index (χ0v) is 29.0. The molecule has 252 valence electrons. The predicted molar refractivity (Wildman–Crippen MR) is 221 cm³/mol. The second kappa shape index (κ2) is 12.1. The first-order chi connectivity index (χ1) is 26.7. The Balaban J connectivity index is 1.02. The van der Waals surface area contributed by atoms with E-state index in [1.807, 2.05) is 42.5 Å². The van der Waals surface area contributed by atoms with Crippen LogP contribution in [0.15, 0.2) is 186 Å². The first-order valence-electron chi connectivity index (χ1n) is 18.1. The Kier molecular flexibility index (Phi) is 6.79. The van der Waals surface area contributed by atoms with Gasteiger partial charge in [-0.05, 0) is 70.4 Å². The third kappa shape index (κ3) is 4.90. The van der Waals surface area contributed by atoms with E-state index in [4.69, 9.17) is 19.4 Å². The molecule has 0 saturated carbocycles. The number of hydrogen-bond donors (Lipinski definition) is 0. The molecular formula is C49H30N4O. The van der Waals surface area contributed by atoms with Gasteiger partial charge in [0.25, 0.3) is 0 Å². The van der Waals surface area contributed by atoms with Crippen molar-refractivity contribution < 1.29 is 4.42 Å².